The van der Waals surface area contributed by atoms with E-state index in [1.807, 2.05) is 6.92 Å². The number of nitrogens with one attached hydrogen (secondary N) is 2. The van der Waals surface area contributed by atoms with E-state index in [0.29, 0.717) is 0 Å². The summed E-state index contributed by atoms with van der Waals surface area (Å²) in [7, 11) is 0. The van der Waals surface area contributed by atoms with Crippen LogP contribution in [0, 0.1) is 0 Å². The quantitative estimate of drug-likeness (QED) is 0.775. The Bertz CT molecular complexity index is 471. The number of nitrogens with two attached hydrogens (primary N) is 1. The van der Waals surface area contributed by atoms with E-state index in [-0.39, 0.29) is 29.9 Å². The molecule has 1 aliphatic carbocycles. The third-order valence-corrected chi connectivity index (χ3v) is 3.16. The van der Waals surface area contributed by atoms with Crippen molar-refractivity contribution in [1.29, 1.82) is 0 Å². The minimum Gasteiger partial charge on any atom is -0.367 e. The molecule has 1 unspecified atom stereocenters. The van der Waals surface area contributed by atoms with Crippen LogP contribution in [-0.2, 0) is 6.18 Å². The molecule has 1 saturated carbocycles. The molecule has 8 heteroatoms. The normalized spacial score (nSPS) is 18.5. The summed E-state index contributed by atoms with van der Waals surface area (Å²) in [5.74, 6) is -0.0275. The van der Waals surface area contributed by atoms with Crippen molar-refractivity contribution in [2.75, 3.05) is 10.6 Å². The second-order valence-electron chi connectivity index (χ2n) is 5.16. The predicted molar refractivity (Wildman–Crippen MR) is 70.4 cm³/mol. The van der Waals surface area contributed by atoms with Gasteiger partial charge in [-0.1, -0.05) is 0 Å². The van der Waals surface area contributed by atoms with Gasteiger partial charge in [-0.15, -0.1) is 0 Å². The maximum atomic E-state index is 12.9. The van der Waals surface area contributed by atoms with E-state index in [9.17, 15) is 13.2 Å². The van der Waals surface area contributed by atoms with Crippen molar-refractivity contribution in [2.45, 2.75) is 51.0 Å². The van der Waals surface area contributed by atoms with Crippen LogP contribution in [0.2, 0.25) is 0 Å². The molecule has 4 N–H and O–H groups in total. The predicted octanol–water partition coefficient (Wildman–Crippen LogP) is 2.22. The molecule has 5 nitrogen and oxygen atoms in total. The molecule has 1 aromatic heterocycles. The zero-order valence-electron chi connectivity index (χ0n) is 11.3. The van der Waals surface area contributed by atoms with Crippen LogP contribution in [0.1, 0.15) is 32.3 Å². The summed E-state index contributed by atoms with van der Waals surface area (Å²) < 4.78 is 38.6. The lowest BCUT2D eigenvalue weighted by atomic mass is 10.2. The highest BCUT2D eigenvalue weighted by Gasteiger charge is 2.36. The number of nitrogens with zero attached hydrogens (tertiary/aromatic N) is 2. The zero-order chi connectivity index (χ0) is 14.9. The lowest BCUT2D eigenvalue weighted by molar-refractivity contribution is -0.137. The van der Waals surface area contributed by atoms with Gasteiger partial charge in [0.15, 0.2) is 0 Å². The Morgan fingerprint density at radius 2 is 2.00 bits per heavy atom. The fraction of sp³-hybridized carbons (Fsp3) is 0.667. The largest absolute Gasteiger partial charge is 0.421 e. The molecule has 0 aliphatic heterocycles. The molecule has 0 spiro atoms. The van der Waals surface area contributed by atoms with Crippen molar-refractivity contribution in [3.05, 3.63) is 11.8 Å². The lowest BCUT2D eigenvalue weighted by Crippen LogP contribution is -2.35. The fourth-order valence-corrected chi connectivity index (χ4v) is 1.52. The number of aromatic nitrogens is 2. The van der Waals surface area contributed by atoms with Crippen LogP contribution >= 0.6 is 0 Å². The van der Waals surface area contributed by atoms with E-state index in [4.69, 9.17) is 5.73 Å². The Kier molecular flexibility index (Phi) is 4.03. The van der Waals surface area contributed by atoms with Crippen LogP contribution in [0.4, 0.5) is 24.9 Å². The summed E-state index contributed by atoms with van der Waals surface area (Å²) in [5.41, 5.74) is 4.85. The van der Waals surface area contributed by atoms with Crippen LogP contribution in [0.15, 0.2) is 6.20 Å². The molecule has 0 saturated heterocycles. The monoisotopic (exact) mass is 289 g/mol. The second-order valence-corrected chi connectivity index (χ2v) is 5.16. The van der Waals surface area contributed by atoms with Gasteiger partial charge < -0.3 is 16.4 Å². The Hall–Kier alpha value is -1.57. The van der Waals surface area contributed by atoms with E-state index in [1.165, 1.54) is 0 Å². The molecular weight excluding hydrogens is 271 g/mol. The summed E-state index contributed by atoms with van der Waals surface area (Å²) in [5, 5.41) is 5.69. The Balaban J connectivity index is 2.23. The number of halogens is 3. The number of hydrogen-bond acceptors (Lipinski definition) is 5. The maximum absolute atomic E-state index is 12.9. The van der Waals surface area contributed by atoms with Gasteiger partial charge in [-0.25, -0.2) is 4.98 Å². The molecule has 20 heavy (non-hydrogen) atoms. The highest BCUT2D eigenvalue weighted by molar-refractivity contribution is 5.50. The highest BCUT2D eigenvalue weighted by atomic mass is 19.4. The van der Waals surface area contributed by atoms with Gasteiger partial charge in [-0.3, -0.25) is 0 Å². The zero-order valence-corrected chi connectivity index (χ0v) is 11.3. The van der Waals surface area contributed by atoms with Crippen LogP contribution in [-0.4, -0.2) is 28.1 Å². The van der Waals surface area contributed by atoms with Gasteiger partial charge in [0.1, 0.15) is 11.4 Å². The average molecular weight is 289 g/mol. The summed E-state index contributed by atoms with van der Waals surface area (Å²) in [6, 6.07) is -0.231. The number of hydrogen-bond donors (Lipinski definition) is 3. The summed E-state index contributed by atoms with van der Waals surface area (Å²) in [4.78, 5) is 7.65. The number of anilines is 2. The smallest absolute Gasteiger partial charge is 0.367 e. The van der Waals surface area contributed by atoms with Crippen LogP contribution in [0.5, 0.6) is 0 Å². The Morgan fingerprint density at radius 1 is 1.35 bits per heavy atom. The van der Waals surface area contributed by atoms with E-state index >= 15 is 0 Å². The fourth-order valence-electron chi connectivity index (χ4n) is 1.52. The van der Waals surface area contributed by atoms with Crippen molar-refractivity contribution < 1.29 is 13.2 Å². The molecule has 0 amide bonds. The molecule has 0 aromatic carbocycles. The van der Waals surface area contributed by atoms with Crippen molar-refractivity contribution in [1.82, 2.24) is 9.97 Å². The molecule has 1 heterocycles. The molecular formula is C12H18F3N5. The van der Waals surface area contributed by atoms with Gasteiger partial charge in [-0.2, -0.15) is 18.2 Å². The van der Waals surface area contributed by atoms with Gasteiger partial charge >= 0.3 is 6.18 Å². The number of alkyl halides is 3. The van der Waals surface area contributed by atoms with Gasteiger partial charge in [0.2, 0.25) is 5.95 Å². The standard InChI is InChI=1S/C12H18F3N5/c1-6(16)7(2)18-11-17-5-9(12(13,14)15)10(20-11)19-8-3-4-8/h5-8H,3-4,16H2,1-2H3,(H2,17,18,19,20)/t6-,7?/m0/s1. The minimum atomic E-state index is -4.47. The molecule has 1 aliphatic rings. The van der Waals surface area contributed by atoms with Crippen molar-refractivity contribution >= 4 is 11.8 Å². The minimum absolute atomic E-state index is 0.0738. The summed E-state index contributed by atoms with van der Waals surface area (Å²) >= 11 is 0. The molecule has 1 aromatic rings. The van der Waals surface area contributed by atoms with Gasteiger partial charge in [0.05, 0.1) is 0 Å². The topological polar surface area (TPSA) is 75.9 Å². The third-order valence-electron chi connectivity index (χ3n) is 3.16. The van der Waals surface area contributed by atoms with E-state index in [2.05, 4.69) is 20.6 Å². The molecule has 112 valence electrons. The maximum Gasteiger partial charge on any atom is 0.421 e. The number of rotatable bonds is 5. The van der Waals surface area contributed by atoms with Crippen LogP contribution in [0.25, 0.3) is 0 Å². The summed E-state index contributed by atoms with van der Waals surface area (Å²) in [6.07, 6.45) is -1.95. The molecule has 1 fully saturated rings. The summed E-state index contributed by atoms with van der Waals surface area (Å²) in [6.45, 7) is 3.62. The van der Waals surface area contributed by atoms with Crippen molar-refractivity contribution in [3.63, 3.8) is 0 Å². The first-order chi connectivity index (χ1) is 9.27. The Morgan fingerprint density at radius 3 is 2.50 bits per heavy atom. The van der Waals surface area contributed by atoms with Crippen molar-refractivity contribution in [2.24, 2.45) is 5.73 Å². The Labute approximate surface area is 115 Å². The highest BCUT2D eigenvalue weighted by Crippen LogP contribution is 2.36. The molecule has 0 radical (unpaired) electrons. The third kappa shape index (κ3) is 3.72. The SMILES string of the molecule is CC(Nc1ncc(C(F)(F)F)c(NC2CC2)n1)[C@H](C)N. The average Bonchev–Trinajstić information content (AvgIpc) is 3.11. The van der Waals surface area contributed by atoms with Crippen LogP contribution < -0.4 is 16.4 Å². The van der Waals surface area contributed by atoms with Gasteiger partial charge in [0, 0.05) is 24.3 Å². The lowest BCUT2D eigenvalue weighted by Gasteiger charge is -2.19. The first-order valence-electron chi connectivity index (χ1n) is 6.50. The first-order valence-corrected chi connectivity index (χ1v) is 6.50. The molecule has 0 bridgehead atoms. The van der Waals surface area contributed by atoms with Gasteiger partial charge in [-0.05, 0) is 26.7 Å². The van der Waals surface area contributed by atoms with Crippen LogP contribution in [0.3, 0.4) is 0 Å². The molecule has 2 rings (SSSR count). The first kappa shape index (κ1) is 14.8. The van der Waals surface area contributed by atoms with E-state index < -0.39 is 11.7 Å². The molecule has 2 atom stereocenters. The van der Waals surface area contributed by atoms with Gasteiger partial charge in [0.25, 0.3) is 0 Å². The second kappa shape index (κ2) is 5.43. The van der Waals surface area contributed by atoms with E-state index in [0.717, 1.165) is 19.0 Å². The van der Waals surface area contributed by atoms with E-state index in [1.54, 1.807) is 6.92 Å². The van der Waals surface area contributed by atoms with Crippen molar-refractivity contribution in [3.8, 4) is 0 Å².